The summed E-state index contributed by atoms with van der Waals surface area (Å²) in [6, 6.07) is 11.7. The van der Waals surface area contributed by atoms with Gasteiger partial charge in [0, 0.05) is 37.0 Å². The summed E-state index contributed by atoms with van der Waals surface area (Å²) >= 11 is 1.59. The van der Waals surface area contributed by atoms with Gasteiger partial charge < -0.3 is 14.5 Å². The standard InChI is InChI=1S/C23H27N3O3S/c1-24(2)22(27)17-5-3-16(4-6-17)20-7-8-21(30-20)26-14-19(29-23(26)28)18-13-25-11-9-15(18)10-12-25/h3-8,15,18-19H,9-14H2,1-2H3. The Balaban J connectivity index is 1.29. The summed E-state index contributed by atoms with van der Waals surface area (Å²) in [6.07, 6.45) is 2.23. The van der Waals surface area contributed by atoms with E-state index >= 15 is 0 Å². The van der Waals surface area contributed by atoms with Crippen molar-refractivity contribution >= 4 is 28.3 Å². The molecule has 1 aromatic heterocycles. The van der Waals surface area contributed by atoms with Crippen molar-refractivity contribution in [1.29, 1.82) is 0 Å². The van der Waals surface area contributed by atoms with E-state index < -0.39 is 0 Å². The molecule has 158 valence electrons. The van der Waals surface area contributed by atoms with E-state index in [2.05, 4.69) is 4.90 Å². The van der Waals surface area contributed by atoms with E-state index in [1.54, 1.807) is 35.2 Å². The number of hydrogen-bond donors (Lipinski definition) is 0. The fourth-order valence-electron chi connectivity index (χ4n) is 4.98. The molecule has 4 aliphatic heterocycles. The fraction of sp³-hybridized carbons (Fsp3) is 0.478. The zero-order valence-corrected chi connectivity index (χ0v) is 18.2. The van der Waals surface area contributed by atoms with Gasteiger partial charge in [0.25, 0.3) is 5.91 Å². The van der Waals surface area contributed by atoms with Gasteiger partial charge in [-0.1, -0.05) is 12.1 Å². The first-order chi connectivity index (χ1) is 14.5. The normalized spacial score (nSPS) is 27.9. The van der Waals surface area contributed by atoms with Gasteiger partial charge in [-0.15, -0.1) is 11.3 Å². The number of benzene rings is 1. The molecule has 4 aliphatic rings. The summed E-state index contributed by atoms with van der Waals surface area (Å²) in [7, 11) is 3.50. The molecule has 2 unspecified atom stereocenters. The van der Waals surface area contributed by atoms with E-state index in [1.165, 1.54) is 25.9 Å². The number of anilines is 1. The number of nitrogens with zero attached hydrogens (tertiary/aromatic N) is 3. The highest BCUT2D eigenvalue weighted by atomic mass is 32.1. The van der Waals surface area contributed by atoms with Gasteiger partial charge in [-0.3, -0.25) is 9.69 Å². The molecule has 2 bridgehead atoms. The second-order valence-electron chi connectivity index (χ2n) is 8.75. The molecule has 6 nitrogen and oxygen atoms in total. The molecule has 0 saturated carbocycles. The first-order valence-corrected chi connectivity index (χ1v) is 11.4. The number of thiophene rings is 1. The maximum absolute atomic E-state index is 12.6. The molecule has 0 radical (unpaired) electrons. The number of cyclic esters (lactones) is 1. The van der Waals surface area contributed by atoms with Crippen LogP contribution in [0.1, 0.15) is 23.2 Å². The Morgan fingerprint density at radius 1 is 1.07 bits per heavy atom. The van der Waals surface area contributed by atoms with E-state index in [4.69, 9.17) is 4.74 Å². The number of carbonyl (C=O) groups excluding carboxylic acids is 2. The van der Waals surface area contributed by atoms with Gasteiger partial charge >= 0.3 is 6.09 Å². The SMILES string of the molecule is CN(C)C(=O)c1ccc(-c2ccc(N3CC(C4CN5CCC4CC5)OC3=O)s2)cc1. The van der Waals surface area contributed by atoms with Crippen LogP contribution in [0.4, 0.5) is 9.80 Å². The number of amides is 2. The zero-order valence-electron chi connectivity index (χ0n) is 17.4. The average molecular weight is 426 g/mol. The number of hydrogen-bond acceptors (Lipinski definition) is 5. The third kappa shape index (κ3) is 3.50. The van der Waals surface area contributed by atoms with Gasteiger partial charge in [-0.05, 0) is 61.7 Å². The number of rotatable bonds is 4. The Hall–Kier alpha value is -2.38. The van der Waals surface area contributed by atoms with E-state index in [9.17, 15) is 9.59 Å². The highest BCUT2D eigenvalue weighted by Crippen LogP contribution is 2.40. The van der Waals surface area contributed by atoms with E-state index in [-0.39, 0.29) is 18.1 Å². The lowest BCUT2D eigenvalue weighted by Gasteiger charge is -2.46. The predicted molar refractivity (Wildman–Crippen MR) is 118 cm³/mol. The van der Waals surface area contributed by atoms with E-state index in [0.717, 1.165) is 22.0 Å². The second kappa shape index (κ2) is 7.71. The van der Waals surface area contributed by atoms with Gasteiger partial charge in [0.05, 0.1) is 6.54 Å². The van der Waals surface area contributed by atoms with Crippen molar-refractivity contribution in [2.24, 2.45) is 11.8 Å². The molecular formula is C23H27N3O3S. The van der Waals surface area contributed by atoms with Crippen LogP contribution in [0.15, 0.2) is 36.4 Å². The topological polar surface area (TPSA) is 53.1 Å². The van der Waals surface area contributed by atoms with Crippen molar-refractivity contribution < 1.29 is 14.3 Å². The maximum atomic E-state index is 12.6. The van der Waals surface area contributed by atoms with Crippen molar-refractivity contribution in [3.05, 3.63) is 42.0 Å². The Morgan fingerprint density at radius 3 is 2.43 bits per heavy atom. The van der Waals surface area contributed by atoms with E-state index in [0.29, 0.717) is 23.9 Å². The first kappa shape index (κ1) is 19.6. The van der Waals surface area contributed by atoms with Crippen molar-refractivity contribution in [3.63, 3.8) is 0 Å². The predicted octanol–water partition coefficient (Wildman–Crippen LogP) is 3.78. The molecule has 7 heteroatoms. The largest absolute Gasteiger partial charge is 0.444 e. The molecule has 2 atom stereocenters. The fourth-order valence-corrected chi connectivity index (χ4v) is 5.99. The minimum Gasteiger partial charge on any atom is -0.444 e. The highest BCUT2D eigenvalue weighted by Gasteiger charge is 2.45. The zero-order chi connectivity index (χ0) is 20.8. The lowest BCUT2D eigenvalue weighted by Crippen LogP contribution is -2.52. The molecule has 1 aromatic carbocycles. The van der Waals surface area contributed by atoms with Crippen LogP contribution >= 0.6 is 11.3 Å². The molecule has 4 saturated heterocycles. The summed E-state index contributed by atoms with van der Waals surface area (Å²) in [5.74, 6) is 1.14. The van der Waals surface area contributed by atoms with Gasteiger partial charge in [0.1, 0.15) is 11.1 Å². The Bertz CT molecular complexity index is 947. The van der Waals surface area contributed by atoms with Gasteiger partial charge in [0.15, 0.2) is 0 Å². The van der Waals surface area contributed by atoms with Crippen LogP contribution in [0.2, 0.25) is 0 Å². The van der Waals surface area contributed by atoms with Crippen LogP contribution < -0.4 is 4.90 Å². The number of ether oxygens (including phenoxy) is 1. The van der Waals surface area contributed by atoms with E-state index in [1.807, 2.05) is 36.4 Å². The maximum Gasteiger partial charge on any atom is 0.415 e. The smallest absolute Gasteiger partial charge is 0.415 e. The number of carbonyl (C=O) groups is 2. The van der Waals surface area contributed by atoms with Crippen LogP contribution in [0.5, 0.6) is 0 Å². The van der Waals surface area contributed by atoms with Crippen LogP contribution in [-0.4, -0.2) is 68.2 Å². The molecule has 4 fully saturated rings. The minimum atomic E-state index is -0.225. The Kier molecular flexibility index (Phi) is 5.03. The second-order valence-corrected chi connectivity index (χ2v) is 9.81. The molecule has 0 aliphatic carbocycles. The average Bonchev–Trinajstić information content (AvgIpc) is 3.41. The number of fused-ring (bicyclic) bond motifs is 3. The highest BCUT2D eigenvalue weighted by molar-refractivity contribution is 7.19. The van der Waals surface area contributed by atoms with Crippen molar-refractivity contribution in [3.8, 4) is 10.4 Å². The minimum absolute atomic E-state index is 0.00696. The molecule has 6 rings (SSSR count). The number of piperidine rings is 3. The summed E-state index contributed by atoms with van der Waals surface area (Å²) in [5.41, 5.74) is 1.71. The third-order valence-corrected chi connectivity index (χ3v) is 7.86. The molecular weight excluding hydrogens is 398 g/mol. The Morgan fingerprint density at radius 2 is 1.80 bits per heavy atom. The van der Waals surface area contributed by atoms with Crippen molar-refractivity contribution in [2.45, 2.75) is 18.9 Å². The lowest BCUT2D eigenvalue weighted by molar-refractivity contribution is -0.0138. The van der Waals surface area contributed by atoms with Gasteiger partial charge in [-0.25, -0.2) is 4.79 Å². The van der Waals surface area contributed by atoms with Crippen LogP contribution in [0.3, 0.4) is 0 Å². The Labute approximate surface area is 181 Å². The third-order valence-electron chi connectivity index (χ3n) is 6.70. The molecule has 2 amide bonds. The summed E-state index contributed by atoms with van der Waals surface area (Å²) < 4.78 is 5.82. The molecule has 30 heavy (non-hydrogen) atoms. The quantitative estimate of drug-likeness (QED) is 0.748. The van der Waals surface area contributed by atoms with Crippen LogP contribution in [0.25, 0.3) is 10.4 Å². The van der Waals surface area contributed by atoms with Crippen molar-refractivity contribution in [2.75, 3.05) is 45.2 Å². The van der Waals surface area contributed by atoms with Crippen LogP contribution in [0, 0.1) is 11.8 Å². The first-order valence-electron chi connectivity index (χ1n) is 10.6. The molecule has 0 spiro atoms. The monoisotopic (exact) mass is 425 g/mol. The molecule has 2 aromatic rings. The summed E-state index contributed by atoms with van der Waals surface area (Å²) in [5, 5.41) is 0.923. The van der Waals surface area contributed by atoms with Crippen LogP contribution in [-0.2, 0) is 4.74 Å². The van der Waals surface area contributed by atoms with Gasteiger partial charge in [0.2, 0.25) is 0 Å². The summed E-state index contributed by atoms with van der Waals surface area (Å²) in [6.45, 7) is 4.09. The van der Waals surface area contributed by atoms with Gasteiger partial charge in [-0.2, -0.15) is 0 Å². The lowest BCUT2D eigenvalue weighted by atomic mass is 9.76. The van der Waals surface area contributed by atoms with Crippen molar-refractivity contribution in [1.82, 2.24) is 9.80 Å². The molecule has 5 heterocycles. The summed E-state index contributed by atoms with van der Waals surface area (Å²) in [4.78, 5) is 31.7. The molecule has 0 N–H and O–H groups in total.